The monoisotopic (exact) mass is 284 g/mol. The molecule has 0 amide bonds. The van der Waals surface area contributed by atoms with Crippen molar-refractivity contribution in [2.24, 2.45) is 0 Å². The van der Waals surface area contributed by atoms with E-state index in [1.807, 2.05) is 12.1 Å². The first-order valence-corrected chi connectivity index (χ1v) is 7.48. The highest BCUT2D eigenvalue weighted by atomic mass is 32.1. The molecule has 0 aromatic carbocycles. The zero-order valence-corrected chi connectivity index (χ0v) is 12.0. The van der Waals surface area contributed by atoms with Crippen LogP contribution >= 0.6 is 11.3 Å². The summed E-state index contributed by atoms with van der Waals surface area (Å²) in [5, 5.41) is 0.694. The number of nitrogens with zero attached hydrogens (tertiary/aromatic N) is 3. The Hall–Kier alpha value is -1.90. The molecule has 0 bridgehead atoms. The van der Waals surface area contributed by atoms with Crippen LogP contribution in [0.1, 0.15) is 16.1 Å². The van der Waals surface area contributed by atoms with Gasteiger partial charge in [0, 0.05) is 42.3 Å². The predicted octanol–water partition coefficient (Wildman–Crippen LogP) is 1.57. The molecule has 2 aromatic rings. The minimum Gasteiger partial charge on any atom is -0.375 e. The summed E-state index contributed by atoms with van der Waals surface area (Å²) in [6, 6.07) is 3.89. The standard InChI is InChI=1S/C15H16N4S/c16-15-18-13-5-9-19(10-6-14(13)20-15)8-2-4-12-3-1-7-17-11-12/h1,3,7,11H,5-6,8-10H2,(H2,16,18). The van der Waals surface area contributed by atoms with Crippen molar-refractivity contribution in [1.82, 2.24) is 14.9 Å². The van der Waals surface area contributed by atoms with Gasteiger partial charge in [0.05, 0.1) is 12.2 Å². The molecule has 0 spiro atoms. The van der Waals surface area contributed by atoms with Gasteiger partial charge in [-0.3, -0.25) is 9.88 Å². The number of hydrogen-bond acceptors (Lipinski definition) is 5. The first-order chi connectivity index (χ1) is 9.81. The van der Waals surface area contributed by atoms with Gasteiger partial charge in [-0.05, 0) is 18.6 Å². The van der Waals surface area contributed by atoms with E-state index >= 15 is 0 Å². The first kappa shape index (κ1) is 13.1. The molecule has 2 N–H and O–H groups in total. The maximum Gasteiger partial charge on any atom is 0.180 e. The predicted molar refractivity (Wildman–Crippen MR) is 81.5 cm³/mol. The molecule has 1 aliphatic rings. The fourth-order valence-electron chi connectivity index (χ4n) is 2.28. The Balaban J connectivity index is 1.58. The van der Waals surface area contributed by atoms with Crippen LogP contribution in [0.15, 0.2) is 24.5 Å². The van der Waals surface area contributed by atoms with Crippen LogP contribution in [-0.4, -0.2) is 34.5 Å². The molecule has 0 fully saturated rings. The van der Waals surface area contributed by atoms with Crippen LogP contribution in [0.5, 0.6) is 0 Å². The molecular weight excluding hydrogens is 268 g/mol. The molecular formula is C15H16N4S. The van der Waals surface area contributed by atoms with Gasteiger partial charge in [-0.15, -0.1) is 11.3 Å². The number of thiazole rings is 1. The van der Waals surface area contributed by atoms with Gasteiger partial charge < -0.3 is 5.73 Å². The molecule has 0 radical (unpaired) electrons. The molecule has 3 heterocycles. The molecule has 3 rings (SSSR count). The lowest BCUT2D eigenvalue weighted by molar-refractivity contribution is 0.323. The molecule has 2 aromatic heterocycles. The molecule has 0 aliphatic carbocycles. The minimum absolute atomic E-state index is 0.694. The van der Waals surface area contributed by atoms with Crippen LogP contribution < -0.4 is 5.73 Å². The maximum atomic E-state index is 5.75. The molecule has 1 aliphatic heterocycles. The average molecular weight is 284 g/mol. The average Bonchev–Trinajstić information content (AvgIpc) is 2.72. The van der Waals surface area contributed by atoms with Crippen molar-refractivity contribution in [3.05, 3.63) is 40.7 Å². The van der Waals surface area contributed by atoms with Crippen molar-refractivity contribution in [2.75, 3.05) is 25.4 Å². The summed E-state index contributed by atoms with van der Waals surface area (Å²) < 4.78 is 0. The minimum atomic E-state index is 0.694. The fraction of sp³-hybridized carbons (Fsp3) is 0.333. The molecule has 5 heteroatoms. The van der Waals surface area contributed by atoms with Crippen LogP contribution in [0.25, 0.3) is 0 Å². The summed E-state index contributed by atoms with van der Waals surface area (Å²) in [4.78, 5) is 12.2. The normalized spacial score (nSPS) is 15.0. The van der Waals surface area contributed by atoms with Gasteiger partial charge >= 0.3 is 0 Å². The number of nitrogens with two attached hydrogens (primary N) is 1. The third-order valence-corrected chi connectivity index (χ3v) is 4.30. The van der Waals surface area contributed by atoms with Crippen LogP contribution in [0, 0.1) is 11.8 Å². The lowest BCUT2D eigenvalue weighted by Crippen LogP contribution is -2.26. The first-order valence-electron chi connectivity index (χ1n) is 6.66. The number of fused-ring (bicyclic) bond motifs is 1. The Labute approximate surface area is 122 Å². The van der Waals surface area contributed by atoms with E-state index in [9.17, 15) is 0 Å². The lowest BCUT2D eigenvalue weighted by Gasteiger charge is -2.15. The van der Waals surface area contributed by atoms with Gasteiger partial charge in [-0.25, -0.2) is 4.98 Å². The second kappa shape index (κ2) is 6.04. The van der Waals surface area contributed by atoms with Crippen molar-refractivity contribution < 1.29 is 0 Å². The van der Waals surface area contributed by atoms with Crippen LogP contribution in [0.3, 0.4) is 0 Å². The van der Waals surface area contributed by atoms with Gasteiger partial charge in [0.1, 0.15) is 0 Å². The van der Waals surface area contributed by atoms with Crippen LogP contribution in [-0.2, 0) is 12.8 Å². The Morgan fingerprint density at radius 3 is 3.10 bits per heavy atom. The number of hydrogen-bond donors (Lipinski definition) is 1. The number of pyridine rings is 1. The molecule has 4 nitrogen and oxygen atoms in total. The maximum absolute atomic E-state index is 5.75. The van der Waals surface area contributed by atoms with Crippen molar-refractivity contribution in [1.29, 1.82) is 0 Å². The van der Waals surface area contributed by atoms with E-state index in [4.69, 9.17) is 5.73 Å². The van der Waals surface area contributed by atoms with E-state index in [0.29, 0.717) is 5.13 Å². The van der Waals surface area contributed by atoms with E-state index in [1.165, 1.54) is 10.6 Å². The van der Waals surface area contributed by atoms with E-state index < -0.39 is 0 Å². The highest BCUT2D eigenvalue weighted by Gasteiger charge is 2.16. The molecule has 0 unspecified atom stereocenters. The Morgan fingerprint density at radius 2 is 2.25 bits per heavy atom. The molecule has 102 valence electrons. The van der Waals surface area contributed by atoms with Crippen molar-refractivity contribution in [3.63, 3.8) is 0 Å². The Morgan fingerprint density at radius 1 is 1.35 bits per heavy atom. The molecule has 0 atom stereocenters. The summed E-state index contributed by atoms with van der Waals surface area (Å²) in [6.45, 7) is 2.81. The van der Waals surface area contributed by atoms with E-state index in [2.05, 4.69) is 26.7 Å². The van der Waals surface area contributed by atoms with E-state index in [0.717, 1.165) is 38.0 Å². The van der Waals surface area contributed by atoms with Gasteiger partial charge in [-0.2, -0.15) is 0 Å². The largest absolute Gasteiger partial charge is 0.375 e. The summed E-state index contributed by atoms with van der Waals surface area (Å²) in [7, 11) is 0. The summed E-state index contributed by atoms with van der Waals surface area (Å²) >= 11 is 1.62. The highest BCUT2D eigenvalue weighted by Crippen LogP contribution is 2.23. The second-order valence-corrected chi connectivity index (χ2v) is 5.86. The highest BCUT2D eigenvalue weighted by molar-refractivity contribution is 7.15. The summed E-state index contributed by atoms with van der Waals surface area (Å²) in [5.74, 6) is 6.37. The van der Waals surface area contributed by atoms with Gasteiger partial charge in [0.25, 0.3) is 0 Å². The topological polar surface area (TPSA) is 55.0 Å². The summed E-state index contributed by atoms with van der Waals surface area (Å²) in [5.41, 5.74) is 7.90. The number of rotatable bonds is 1. The third kappa shape index (κ3) is 3.16. The number of nitrogen functional groups attached to an aromatic ring is 1. The van der Waals surface area contributed by atoms with Crippen molar-refractivity contribution in [3.8, 4) is 11.8 Å². The second-order valence-electron chi connectivity index (χ2n) is 4.74. The molecule has 0 saturated heterocycles. The number of aromatic nitrogens is 2. The zero-order valence-electron chi connectivity index (χ0n) is 11.2. The molecule has 20 heavy (non-hydrogen) atoms. The van der Waals surface area contributed by atoms with E-state index in [1.54, 1.807) is 23.7 Å². The van der Waals surface area contributed by atoms with Crippen LogP contribution in [0.2, 0.25) is 0 Å². The zero-order chi connectivity index (χ0) is 13.8. The van der Waals surface area contributed by atoms with Crippen molar-refractivity contribution >= 4 is 16.5 Å². The van der Waals surface area contributed by atoms with Crippen molar-refractivity contribution in [2.45, 2.75) is 12.8 Å². The summed E-state index contributed by atoms with van der Waals surface area (Å²) in [6.07, 6.45) is 5.55. The Bertz CT molecular complexity index is 613. The lowest BCUT2D eigenvalue weighted by atomic mass is 10.2. The fourth-order valence-corrected chi connectivity index (χ4v) is 3.14. The smallest absolute Gasteiger partial charge is 0.180 e. The number of anilines is 1. The van der Waals surface area contributed by atoms with Gasteiger partial charge in [0.2, 0.25) is 0 Å². The SMILES string of the molecule is Nc1nc2c(s1)CCN(CC#Cc1cccnc1)CC2. The van der Waals surface area contributed by atoms with E-state index in [-0.39, 0.29) is 0 Å². The molecule has 0 saturated carbocycles. The Kier molecular flexibility index (Phi) is 3.95. The third-order valence-electron chi connectivity index (χ3n) is 3.31. The van der Waals surface area contributed by atoms with Gasteiger partial charge in [-0.1, -0.05) is 11.8 Å². The quantitative estimate of drug-likeness (QED) is 0.808. The van der Waals surface area contributed by atoms with Crippen LogP contribution in [0.4, 0.5) is 5.13 Å². The van der Waals surface area contributed by atoms with Gasteiger partial charge in [0.15, 0.2) is 5.13 Å².